The van der Waals surface area contributed by atoms with Gasteiger partial charge in [0.1, 0.15) is 17.1 Å². The maximum atomic E-state index is 12.7. The van der Waals surface area contributed by atoms with E-state index in [0.29, 0.717) is 0 Å². The highest BCUT2D eigenvalue weighted by molar-refractivity contribution is 4.93. The van der Waals surface area contributed by atoms with Crippen molar-refractivity contribution in [3.8, 4) is 0 Å². The van der Waals surface area contributed by atoms with Gasteiger partial charge in [-0.15, -0.1) is 0 Å². The van der Waals surface area contributed by atoms with E-state index < -0.39 is 80.0 Å². The molecule has 0 amide bonds. The van der Waals surface area contributed by atoms with E-state index in [1.54, 1.807) is 0 Å². The van der Waals surface area contributed by atoms with Crippen LogP contribution in [0.25, 0.3) is 0 Å². The minimum Gasteiger partial charge on any atom is -0.333 e. The highest BCUT2D eigenvalue weighted by Gasteiger charge is 2.78. The number of ether oxygens (including phenoxy) is 4. The highest BCUT2D eigenvalue weighted by atomic mass is 19.4. The molecule has 0 radical (unpaired) electrons. The minimum atomic E-state index is -6.06. The smallest absolute Gasteiger partial charge is 0.333 e. The Morgan fingerprint density at radius 3 is 1.16 bits per heavy atom. The summed E-state index contributed by atoms with van der Waals surface area (Å²) in [6, 6.07) is 0. The third-order valence-corrected chi connectivity index (χ3v) is 3.83. The Labute approximate surface area is 167 Å². The fourth-order valence-electron chi connectivity index (χ4n) is 2.43. The van der Waals surface area contributed by atoms with Crippen LogP contribution in [0.15, 0.2) is 0 Å². The molecule has 2 heterocycles. The average molecular weight is 508 g/mol. The largest absolute Gasteiger partial charge is 0.477 e. The molecule has 2 rings (SSSR count). The van der Waals surface area contributed by atoms with Gasteiger partial charge in [0.05, 0.1) is 13.2 Å². The van der Waals surface area contributed by atoms with Gasteiger partial charge in [0.15, 0.2) is 13.2 Å². The Hall–Kier alpha value is -1.80. The molecule has 2 fully saturated rings. The average Bonchev–Trinajstić information content (AvgIpc) is 3.22. The zero-order valence-electron chi connectivity index (χ0n) is 14.8. The van der Waals surface area contributed by atoms with Crippen LogP contribution in [0.1, 0.15) is 0 Å². The molecule has 2 aliphatic heterocycles. The van der Waals surface area contributed by atoms with E-state index in [2.05, 4.69) is 28.6 Å². The van der Waals surface area contributed by atoms with Crippen molar-refractivity contribution >= 4 is 0 Å². The van der Waals surface area contributed by atoms with Gasteiger partial charge in [-0.3, -0.25) is 0 Å². The Balaban J connectivity index is 1.87. The van der Waals surface area contributed by atoms with Crippen LogP contribution in [-0.4, -0.2) is 80.0 Å². The Morgan fingerprint density at radius 1 is 0.656 bits per heavy atom. The van der Waals surface area contributed by atoms with Gasteiger partial charge < -0.3 is 18.9 Å². The lowest BCUT2D eigenvalue weighted by atomic mass is 10.2. The molecule has 0 bridgehead atoms. The topological polar surface area (TPSA) is 75.5 Å². The number of nitrogens with zero attached hydrogens (tertiary/aromatic N) is 1. The Bertz CT molecular complexity index is 604. The van der Waals surface area contributed by atoms with Crippen LogP contribution in [0, 0.1) is 4.91 Å². The van der Waals surface area contributed by atoms with Gasteiger partial charge in [-0.05, 0) is 0 Å². The van der Waals surface area contributed by atoms with E-state index >= 15 is 0 Å². The summed E-state index contributed by atoms with van der Waals surface area (Å²) in [7, 11) is 0. The number of halogens is 12. The van der Waals surface area contributed by atoms with Crippen molar-refractivity contribution in [1.29, 1.82) is 0 Å². The first kappa shape index (κ1) is 26.5. The molecule has 0 aromatic carbocycles. The zero-order valence-corrected chi connectivity index (χ0v) is 14.8. The van der Waals surface area contributed by atoms with Crippen molar-refractivity contribution in [2.24, 2.45) is 0 Å². The summed E-state index contributed by atoms with van der Waals surface area (Å²) < 4.78 is 168. The van der Waals surface area contributed by atoms with Gasteiger partial charge in [-0.25, -0.2) is 0 Å². The molecule has 20 heteroatoms. The van der Waals surface area contributed by atoms with E-state index in [1.807, 2.05) is 0 Å². The summed E-state index contributed by atoms with van der Waals surface area (Å²) >= 11 is 0. The predicted molar refractivity (Wildman–Crippen MR) is 66.9 cm³/mol. The molecule has 32 heavy (non-hydrogen) atoms. The second kappa shape index (κ2) is 8.20. The van der Waals surface area contributed by atoms with Crippen molar-refractivity contribution in [3.05, 3.63) is 4.91 Å². The summed E-state index contributed by atoms with van der Waals surface area (Å²) in [4.78, 5) is 19.4. The maximum Gasteiger partial charge on any atom is 0.477 e. The van der Waals surface area contributed by atoms with Crippen LogP contribution in [0.2, 0.25) is 0 Å². The summed E-state index contributed by atoms with van der Waals surface area (Å²) in [5, 5.41) is -0.991. The molecule has 2 atom stereocenters. The summed E-state index contributed by atoms with van der Waals surface area (Å²) in [5.74, 6) is -9.98. The van der Waals surface area contributed by atoms with Gasteiger partial charge >= 0.3 is 41.4 Å². The first-order chi connectivity index (χ1) is 14.3. The van der Waals surface area contributed by atoms with Crippen molar-refractivity contribution < 1.29 is 86.4 Å². The van der Waals surface area contributed by atoms with Crippen LogP contribution < -0.4 is 0 Å². The first-order valence-electron chi connectivity index (χ1n) is 7.89. The fourth-order valence-corrected chi connectivity index (χ4v) is 2.43. The molecule has 8 nitrogen and oxygen atoms in total. The lowest BCUT2D eigenvalue weighted by Crippen LogP contribution is -2.58. The van der Waals surface area contributed by atoms with E-state index in [4.69, 9.17) is 0 Å². The predicted octanol–water partition coefficient (Wildman–Crippen LogP) is 3.10. The van der Waals surface area contributed by atoms with Crippen molar-refractivity contribution in [1.82, 2.24) is 0 Å². The molecule has 0 saturated carbocycles. The molecule has 0 aliphatic carbocycles. The number of hydrogen-bond donors (Lipinski definition) is 0. The molecule has 2 saturated heterocycles. The van der Waals surface area contributed by atoms with E-state index in [0.717, 1.165) is 0 Å². The monoisotopic (exact) mass is 508 g/mol. The summed E-state index contributed by atoms with van der Waals surface area (Å²) in [6.07, 6.45) is -28.4. The number of rotatable bonds is 6. The minimum absolute atomic E-state index is 0.991. The van der Waals surface area contributed by atoms with E-state index in [1.165, 1.54) is 0 Å². The SMILES string of the molecule is O=[N+](OCC1COC(C(F)(F)F)(C(F)(F)F)O1)OCC1COC(C(F)(F)F)(C(F)(F)F)O1. The lowest BCUT2D eigenvalue weighted by molar-refractivity contribution is -0.982. The molecule has 0 aromatic rings. The normalized spacial score (nSPS) is 26.2. The molecule has 188 valence electrons. The third-order valence-electron chi connectivity index (χ3n) is 3.83. The van der Waals surface area contributed by atoms with Crippen LogP contribution in [-0.2, 0) is 28.6 Å². The molecule has 2 aliphatic rings. The molecular weight excluding hydrogens is 498 g/mol. The van der Waals surface area contributed by atoms with Gasteiger partial charge in [-0.2, -0.15) is 62.4 Å². The maximum absolute atomic E-state index is 12.7. The molecule has 0 spiro atoms. The van der Waals surface area contributed by atoms with Crippen LogP contribution in [0.4, 0.5) is 52.7 Å². The summed E-state index contributed by atoms with van der Waals surface area (Å²) in [6.45, 7) is -5.33. The van der Waals surface area contributed by atoms with Gasteiger partial charge in [0.25, 0.3) is 0 Å². The summed E-state index contributed by atoms with van der Waals surface area (Å²) in [5.41, 5.74) is 0. The van der Waals surface area contributed by atoms with Gasteiger partial charge in [0.2, 0.25) is 0 Å². The Kier molecular flexibility index (Phi) is 6.78. The third kappa shape index (κ3) is 4.76. The second-order valence-corrected chi connectivity index (χ2v) is 6.14. The van der Waals surface area contributed by atoms with E-state index in [-0.39, 0.29) is 0 Å². The van der Waals surface area contributed by atoms with Crippen LogP contribution in [0.5, 0.6) is 0 Å². The number of alkyl halides is 12. The Morgan fingerprint density at radius 2 is 0.938 bits per heavy atom. The first-order valence-corrected chi connectivity index (χ1v) is 7.89. The standard InChI is InChI=1S/C12H10F12NO7/c13-9(14,15)7(10(16,17)18)27-1-5(31-7)3-29-25(26)30-4-6-2-28-8(32-6,11(19,20)21)12(22,23)24/h5-6H,1-4H2/q+1. The van der Waals surface area contributed by atoms with E-state index in [9.17, 15) is 57.6 Å². The molecular formula is C12H10F12NO7+. The van der Waals surface area contributed by atoms with Crippen molar-refractivity contribution in [2.45, 2.75) is 48.5 Å². The highest BCUT2D eigenvalue weighted by Crippen LogP contribution is 2.51. The van der Waals surface area contributed by atoms with Crippen LogP contribution in [0.3, 0.4) is 0 Å². The molecule has 2 unspecified atom stereocenters. The zero-order chi connectivity index (χ0) is 24.8. The molecule has 0 aromatic heterocycles. The van der Waals surface area contributed by atoms with Gasteiger partial charge in [0, 0.05) is 0 Å². The lowest BCUT2D eigenvalue weighted by Gasteiger charge is -2.31. The van der Waals surface area contributed by atoms with Crippen molar-refractivity contribution in [3.63, 3.8) is 0 Å². The van der Waals surface area contributed by atoms with Gasteiger partial charge in [-0.1, -0.05) is 0 Å². The quantitative estimate of drug-likeness (QED) is 0.404. The molecule has 0 N–H and O–H groups in total. The van der Waals surface area contributed by atoms with Crippen molar-refractivity contribution in [2.75, 3.05) is 26.4 Å². The number of hydrogen-bond acceptors (Lipinski definition) is 7. The fraction of sp³-hybridized carbons (Fsp3) is 1.00. The second-order valence-electron chi connectivity index (χ2n) is 6.14. The van der Waals surface area contributed by atoms with Crippen LogP contribution >= 0.6 is 0 Å².